The van der Waals surface area contributed by atoms with Gasteiger partial charge in [0.2, 0.25) is 5.91 Å². The minimum Gasteiger partial charge on any atom is -0.468 e. The fourth-order valence-electron chi connectivity index (χ4n) is 2.25. The van der Waals surface area contributed by atoms with Gasteiger partial charge in [-0.15, -0.1) is 11.8 Å². The predicted octanol–water partition coefficient (Wildman–Crippen LogP) is 4.69. The van der Waals surface area contributed by atoms with Crippen molar-refractivity contribution in [3.63, 3.8) is 0 Å². The molecule has 1 N–H and O–H groups in total. The van der Waals surface area contributed by atoms with Crippen LogP contribution in [0.4, 0.5) is 5.69 Å². The number of amides is 1. The molecule has 0 atom stereocenters. The van der Waals surface area contributed by atoms with E-state index in [0.29, 0.717) is 12.2 Å². The highest BCUT2D eigenvalue weighted by Gasteiger charge is 2.06. The summed E-state index contributed by atoms with van der Waals surface area (Å²) in [4.78, 5) is 25.3. The molecule has 0 spiro atoms. The molecule has 0 saturated carbocycles. The highest BCUT2D eigenvalue weighted by Crippen LogP contribution is 2.31. The zero-order valence-electron chi connectivity index (χ0n) is 15.2. The zero-order valence-corrected chi connectivity index (χ0v) is 16.8. The standard InChI is InChI=1S/C20H23NO3S2/c1-14-4-9-18(15(2)12-14)26-17-7-5-16(6-8-17)21-19(22)10-11-25-13-20(23)24-3/h4-9,12H,10-11,13H2,1-3H3,(H,21,22). The van der Waals surface area contributed by atoms with Crippen LogP contribution in [0.15, 0.2) is 52.3 Å². The van der Waals surface area contributed by atoms with E-state index in [0.717, 1.165) is 10.6 Å². The van der Waals surface area contributed by atoms with Crippen LogP contribution in [0, 0.1) is 13.8 Å². The molecular formula is C20H23NO3S2. The lowest BCUT2D eigenvalue weighted by atomic mass is 10.2. The van der Waals surface area contributed by atoms with Crippen molar-refractivity contribution >= 4 is 41.1 Å². The summed E-state index contributed by atoms with van der Waals surface area (Å²) in [5, 5.41) is 2.88. The lowest BCUT2D eigenvalue weighted by Gasteiger charge is -2.08. The molecule has 138 valence electrons. The largest absolute Gasteiger partial charge is 0.468 e. The number of methoxy groups -OCH3 is 1. The third-order valence-corrected chi connectivity index (χ3v) is 5.74. The van der Waals surface area contributed by atoms with E-state index in [1.54, 1.807) is 11.8 Å². The maximum Gasteiger partial charge on any atom is 0.315 e. The maximum atomic E-state index is 11.9. The highest BCUT2D eigenvalue weighted by molar-refractivity contribution is 8.00. The molecular weight excluding hydrogens is 366 g/mol. The third-order valence-electron chi connectivity index (χ3n) is 3.62. The van der Waals surface area contributed by atoms with E-state index in [2.05, 4.69) is 42.1 Å². The highest BCUT2D eigenvalue weighted by atomic mass is 32.2. The number of aryl methyl sites for hydroxylation is 2. The van der Waals surface area contributed by atoms with Crippen molar-refractivity contribution in [2.75, 3.05) is 23.9 Å². The van der Waals surface area contributed by atoms with Crippen molar-refractivity contribution in [2.24, 2.45) is 0 Å². The van der Waals surface area contributed by atoms with Crippen LogP contribution in [-0.4, -0.2) is 30.5 Å². The second-order valence-electron chi connectivity index (χ2n) is 5.82. The number of anilines is 1. The van der Waals surface area contributed by atoms with Gasteiger partial charge in [0.1, 0.15) is 0 Å². The van der Waals surface area contributed by atoms with Crippen LogP contribution in [0.5, 0.6) is 0 Å². The van der Waals surface area contributed by atoms with Crippen LogP contribution in [0.2, 0.25) is 0 Å². The molecule has 0 bridgehead atoms. The number of nitrogens with one attached hydrogen (secondary N) is 1. The molecule has 6 heteroatoms. The summed E-state index contributed by atoms with van der Waals surface area (Å²) in [5.41, 5.74) is 3.30. The first-order valence-corrected chi connectivity index (χ1v) is 10.2. The Balaban J connectivity index is 1.81. The zero-order chi connectivity index (χ0) is 18.9. The number of hydrogen-bond acceptors (Lipinski definition) is 5. The molecule has 0 fully saturated rings. The first-order valence-electron chi connectivity index (χ1n) is 8.27. The van der Waals surface area contributed by atoms with Crippen molar-refractivity contribution in [1.82, 2.24) is 0 Å². The molecule has 2 aromatic rings. The van der Waals surface area contributed by atoms with Gasteiger partial charge in [-0.05, 0) is 49.7 Å². The molecule has 1 amide bonds. The van der Waals surface area contributed by atoms with Gasteiger partial charge in [0.25, 0.3) is 0 Å². The Hall–Kier alpha value is -1.92. The minimum absolute atomic E-state index is 0.0582. The van der Waals surface area contributed by atoms with Crippen LogP contribution < -0.4 is 5.32 Å². The summed E-state index contributed by atoms with van der Waals surface area (Å²) in [6.07, 6.45) is 0.362. The fraction of sp³-hybridized carbons (Fsp3) is 0.300. The van der Waals surface area contributed by atoms with Crippen molar-refractivity contribution in [3.8, 4) is 0 Å². The van der Waals surface area contributed by atoms with E-state index >= 15 is 0 Å². The van der Waals surface area contributed by atoms with Crippen molar-refractivity contribution in [1.29, 1.82) is 0 Å². The van der Waals surface area contributed by atoms with Gasteiger partial charge in [0.15, 0.2) is 0 Å². The average Bonchev–Trinajstić information content (AvgIpc) is 2.62. The minimum atomic E-state index is -0.271. The van der Waals surface area contributed by atoms with E-state index in [-0.39, 0.29) is 17.6 Å². The summed E-state index contributed by atoms with van der Waals surface area (Å²) >= 11 is 3.10. The second-order valence-corrected chi connectivity index (χ2v) is 8.04. The van der Waals surface area contributed by atoms with E-state index < -0.39 is 0 Å². The quantitative estimate of drug-likeness (QED) is 0.524. The fourth-order valence-corrected chi connectivity index (χ4v) is 3.89. The van der Waals surface area contributed by atoms with Gasteiger partial charge in [-0.3, -0.25) is 9.59 Å². The molecule has 0 aliphatic heterocycles. The lowest BCUT2D eigenvalue weighted by Crippen LogP contribution is -2.13. The topological polar surface area (TPSA) is 55.4 Å². The van der Waals surface area contributed by atoms with E-state index in [4.69, 9.17) is 0 Å². The summed E-state index contributed by atoms with van der Waals surface area (Å²) in [5.74, 6) is 0.528. The molecule has 0 aromatic heterocycles. The van der Waals surface area contributed by atoms with Crippen LogP contribution in [0.25, 0.3) is 0 Å². The van der Waals surface area contributed by atoms with Crippen molar-refractivity contribution < 1.29 is 14.3 Å². The third kappa shape index (κ3) is 6.77. The van der Waals surface area contributed by atoms with Gasteiger partial charge in [-0.1, -0.05) is 29.5 Å². The molecule has 0 unspecified atom stereocenters. The van der Waals surface area contributed by atoms with E-state index in [9.17, 15) is 9.59 Å². The molecule has 0 saturated heterocycles. The van der Waals surface area contributed by atoms with Crippen molar-refractivity contribution in [3.05, 3.63) is 53.6 Å². The monoisotopic (exact) mass is 389 g/mol. The molecule has 0 radical (unpaired) electrons. The lowest BCUT2D eigenvalue weighted by molar-refractivity contribution is -0.137. The first kappa shape index (κ1) is 20.4. The SMILES string of the molecule is COC(=O)CSCCC(=O)Nc1ccc(Sc2ccc(C)cc2C)cc1. The Bertz CT molecular complexity index is 760. The van der Waals surface area contributed by atoms with Crippen LogP contribution >= 0.6 is 23.5 Å². The maximum absolute atomic E-state index is 11.9. The van der Waals surface area contributed by atoms with Crippen LogP contribution in [0.3, 0.4) is 0 Å². The van der Waals surface area contributed by atoms with Crippen molar-refractivity contribution in [2.45, 2.75) is 30.1 Å². The summed E-state index contributed by atoms with van der Waals surface area (Å²) < 4.78 is 4.56. The number of carbonyl (C=O) groups is 2. The smallest absolute Gasteiger partial charge is 0.315 e. The Labute approximate surface area is 163 Å². The summed E-state index contributed by atoms with van der Waals surface area (Å²) in [6.45, 7) is 4.20. The van der Waals surface area contributed by atoms with E-state index in [1.165, 1.54) is 34.9 Å². The number of benzene rings is 2. The van der Waals surface area contributed by atoms with Crippen LogP contribution in [-0.2, 0) is 14.3 Å². The van der Waals surface area contributed by atoms with Gasteiger partial charge < -0.3 is 10.1 Å². The Morgan fingerprint density at radius 1 is 1.08 bits per heavy atom. The number of rotatable bonds is 8. The summed E-state index contributed by atoms with van der Waals surface area (Å²) in [7, 11) is 1.36. The van der Waals surface area contributed by atoms with Gasteiger partial charge in [-0.2, -0.15) is 0 Å². The van der Waals surface area contributed by atoms with Gasteiger partial charge in [0, 0.05) is 27.7 Å². The normalized spacial score (nSPS) is 10.4. The van der Waals surface area contributed by atoms with Gasteiger partial charge in [-0.25, -0.2) is 0 Å². The average molecular weight is 390 g/mol. The first-order chi connectivity index (χ1) is 12.5. The Kier molecular flexibility index (Phi) is 8.06. The predicted molar refractivity (Wildman–Crippen MR) is 109 cm³/mol. The Morgan fingerprint density at radius 2 is 1.81 bits per heavy atom. The number of hydrogen-bond donors (Lipinski definition) is 1. The number of thioether (sulfide) groups is 1. The van der Waals surface area contributed by atoms with E-state index in [1.807, 2.05) is 24.3 Å². The molecule has 0 aliphatic carbocycles. The number of carbonyl (C=O) groups excluding carboxylic acids is 2. The molecule has 4 nitrogen and oxygen atoms in total. The Morgan fingerprint density at radius 3 is 2.46 bits per heavy atom. The van der Waals surface area contributed by atoms with Gasteiger partial charge in [0.05, 0.1) is 12.9 Å². The number of esters is 1. The molecule has 26 heavy (non-hydrogen) atoms. The molecule has 2 aromatic carbocycles. The second kappa shape index (κ2) is 10.3. The molecule has 2 rings (SSSR count). The van der Waals surface area contributed by atoms with Crippen LogP contribution in [0.1, 0.15) is 17.5 Å². The number of ether oxygens (including phenoxy) is 1. The molecule has 0 aliphatic rings. The summed E-state index contributed by atoms with van der Waals surface area (Å²) in [6, 6.07) is 14.3. The van der Waals surface area contributed by atoms with Gasteiger partial charge >= 0.3 is 5.97 Å². The molecule has 0 heterocycles.